The Labute approximate surface area is 80.2 Å². The molecule has 0 radical (unpaired) electrons. The monoisotopic (exact) mass is 538 g/mol. The second kappa shape index (κ2) is 10.1. The molecular formula is O3SeTl2. The van der Waals surface area contributed by atoms with Gasteiger partial charge in [-0.3, -0.25) is 0 Å². The molecule has 0 aromatic rings. The summed E-state index contributed by atoms with van der Waals surface area (Å²) in [7, 11) is 0. The Balaban J connectivity index is -0.0000000450. The van der Waals surface area contributed by atoms with Crippen molar-refractivity contribution in [3.63, 3.8) is 0 Å². The Morgan fingerprint density at radius 1 is 1.17 bits per heavy atom. The standard InChI is InChI=1S/H2O3Se.2Tl/c1-4(2)3;;/h(H2,1,2,3);;/q;2*+1/p-2. The maximum Gasteiger partial charge on any atom is 1.00 e. The van der Waals surface area contributed by atoms with Crippen LogP contribution in [-0.2, 0) is 3.83 Å². The number of rotatable bonds is 0. The van der Waals surface area contributed by atoms with E-state index in [9.17, 15) is 0 Å². The van der Waals surface area contributed by atoms with Gasteiger partial charge in [-0.05, 0) is 0 Å². The summed E-state index contributed by atoms with van der Waals surface area (Å²) in [6, 6.07) is 0. The average Bonchev–Trinajstić information content (AvgIpc) is 0.811. The molecule has 3 nitrogen and oxygen atoms in total. The zero-order valence-electron chi connectivity index (χ0n) is 2.79. The molecular weight excluding hydrogens is 536 g/mol. The predicted molar refractivity (Wildman–Crippen MR) is 17.9 cm³/mol. The molecule has 0 saturated heterocycles. The minimum atomic E-state index is -3.79. The maximum absolute atomic E-state index is 8.54. The first-order valence-corrected chi connectivity index (χ1v) is 2.60. The van der Waals surface area contributed by atoms with Crippen LogP contribution in [0.15, 0.2) is 0 Å². The van der Waals surface area contributed by atoms with Crippen LogP contribution in [0.25, 0.3) is 0 Å². The van der Waals surface area contributed by atoms with Crippen molar-refractivity contribution in [2.24, 2.45) is 0 Å². The van der Waals surface area contributed by atoms with E-state index < -0.39 is 14.5 Å². The Hall–Kier alpha value is 2.08. The van der Waals surface area contributed by atoms with Gasteiger partial charge in [0.15, 0.2) is 0 Å². The average molecular weight is 536 g/mol. The first-order chi connectivity index (χ1) is 1.73. The van der Waals surface area contributed by atoms with Crippen LogP contribution in [0.3, 0.4) is 0 Å². The number of hydrogen-bond donors (Lipinski definition) is 0. The summed E-state index contributed by atoms with van der Waals surface area (Å²) < 4.78 is 25.6. The summed E-state index contributed by atoms with van der Waals surface area (Å²) in [5, 5.41) is 0. The van der Waals surface area contributed by atoms with Crippen LogP contribution in [0, 0.1) is 0 Å². The summed E-state index contributed by atoms with van der Waals surface area (Å²) in [6.45, 7) is 0. The van der Waals surface area contributed by atoms with Gasteiger partial charge in [-0.25, -0.2) is 0 Å². The first kappa shape index (κ1) is 15.7. The van der Waals surface area contributed by atoms with Gasteiger partial charge in [-0.15, -0.1) is 0 Å². The molecule has 0 aromatic carbocycles. The fraction of sp³-hybridized carbons (Fsp3) is 0. The van der Waals surface area contributed by atoms with E-state index in [0.29, 0.717) is 0 Å². The molecule has 0 spiro atoms. The minimum Gasteiger partial charge on any atom is 1.00 e. The van der Waals surface area contributed by atoms with Gasteiger partial charge in [0.2, 0.25) is 0 Å². The van der Waals surface area contributed by atoms with Gasteiger partial charge in [0, 0.05) is 0 Å². The smallest absolute Gasteiger partial charge is 1.00 e. The number of hydrogen-bond acceptors (Lipinski definition) is 3. The molecule has 30 valence electrons. The molecule has 0 aliphatic rings. The molecule has 0 saturated carbocycles. The minimum absolute atomic E-state index is 0. The van der Waals surface area contributed by atoms with Crippen LogP contribution < -0.4 is 8.38 Å². The Bertz CT molecular complexity index is 31.8. The molecule has 0 amide bonds. The van der Waals surface area contributed by atoms with Crippen molar-refractivity contribution in [2.45, 2.75) is 0 Å². The molecule has 0 heterocycles. The van der Waals surface area contributed by atoms with Crippen molar-refractivity contribution < 1.29 is 12.2 Å². The van der Waals surface area contributed by atoms with Crippen molar-refractivity contribution in [2.75, 3.05) is 0 Å². The Morgan fingerprint density at radius 3 is 1.17 bits per heavy atom. The van der Waals surface area contributed by atoms with Gasteiger partial charge in [0.05, 0.1) is 0 Å². The van der Waals surface area contributed by atoms with E-state index in [-0.39, 0.29) is 54.6 Å². The Kier molecular flexibility index (Phi) is 26.5. The van der Waals surface area contributed by atoms with E-state index in [2.05, 4.69) is 0 Å². The quantitative estimate of drug-likeness (QED) is 0.301. The normalized spacial score (nSPS) is 5.83. The summed E-state index contributed by atoms with van der Waals surface area (Å²) in [5.41, 5.74) is 0. The van der Waals surface area contributed by atoms with E-state index in [1.807, 2.05) is 0 Å². The van der Waals surface area contributed by atoms with Crippen LogP contribution in [0.4, 0.5) is 0 Å². The second-order valence-corrected chi connectivity index (χ2v) is 1.06. The molecule has 0 rings (SSSR count). The molecule has 0 aromatic heterocycles. The van der Waals surface area contributed by atoms with Crippen molar-refractivity contribution >= 4 is 69.1 Å². The van der Waals surface area contributed by atoms with Gasteiger partial charge in [-0.1, -0.05) is 0 Å². The topological polar surface area (TPSA) is 63.2 Å². The first-order valence-electron chi connectivity index (χ1n) is 0.500. The zero-order chi connectivity index (χ0) is 3.58. The van der Waals surface area contributed by atoms with E-state index in [4.69, 9.17) is 12.2 Å². The molecule has 0 aliphatic carbocycles. The van der Waals surface area contributed by atoms with Gasteiger partial charge in [-0.2, -0.15) is 0 Å². The largest absolute Gasteiger partial charge is 1.00 e. The maximum atomic E-state index is 8.54. The third-order valence-corrected chi connectivity index (χ3v) is 0. The van der Waals surface area contributed by atoms with Crippen molar-refractivity contribution in [3.05, 3.63) is 0 Å². The molecule has 0 N–H and O–H groups in total. The molecule has 6 heteroatoms. The van der Waals surface area contributed by atoms with E-state index in [1.54, 1.807) is 0 Å². The summed E-state index contributed by atoms with van der Waals surface area (Å²) in [4.78, 5) is 0. The fourth-order valence-electron chi connectivity index (χ4n) is 0. The van der Waals surface area contributed by atoms with Crippen molar-refractivity contribution in [1.82, 2.24) is 0 Å². The van der Waals surface area contributed by atoms with Gasteiger partial charge in [0.1, 0.15) is 0 Å². The van der Waals surface area contributed by atoms with Crippen LogP contribution in [0.5, 0.6) is 0 Å². The van der Waals surface area contributed by atoms with Crippen molar-refractivity contribution in [1.29, 1.82) is 0 Å². The van der Waals surface area contributed by atoms with Crippen LogP contribution in [0.2, 0.25) is 0 Å². The second-order valence-electron chi connectivity index (χ2n) is 0.204. The molecule has 0 atom stereocenters. The Morgan fingerprint density at radius 2 is 1.17 bits per heavy atom. The van der Waals surface area contributed by atoms with E-state index in [1.165, 1.54) is 0 Å². The van der Waals surface area contributed by atoms with Crippen LogP contribution in [0.1, 0.15) is 0 Å². The molecule has 0 aliphatic heterocycles. The van der Waals surface area contributed by atoms with E-state index >= 15 is 0 Å². The van der Waals surface area contributed by atoms with Crippen LogP contribution >= 0.6 is 0 Å². The van der Waals surface area contributed by atoms with Crippen LogP contribution in [-0.4, -0.2) is 69.1 Å². The van der Waals surface area contributed by atoms with Gasteiger partial charge < -0.3 is 0 Å². The summed E-state index contributed by atoms with van der Waals surface area (Å²) >= 11 is -3.79. The molecule has 0 fully saturated rings. The third kappa shape index (κ3) is 36.2. The SMILES string of the molecule is O=[Se]([O-])[O-].[Tl+].[Tl+]. The predicted octanol–water partition coefficient (Wildman–Crippen LogP) is -3.64. The molecule has 0 bridgehead atoms. The van der Waals surface area contributed by atoms with Gasteiger partial charge in [0.25, 0.3) is 0 Å². The molecule has 6 heavy (non-hydrogen) atoms. The van der Waals surface area contributed by atoms with Gasteiger partial charge >= 0.3 is 81.3 Å². The third-order valence-electron chi connectivity index (χ3n) is 0. The summed E-state index contributed by atoms with van der Waals surface area (Å²) in [6.07, 6.45) is 0. The summed E-state index contributed by atoms with van der Waals surface area (Å²) in [5.74, 6) is 0. The molecule has 0 unspecified atom stereocenters. The van der Waals surface area contributed by atoms with Crippen molar-refractivity contribution in [3.8, 4) is 0 Å². The van der Waals surface area contributed by atoms with E-state index in [0.717, 1.165) is 0 Å². The fourth-order valence-corrected chi connectivity index (χ4v) is 0. The zero-order valence-corrected chi connectivity index (χ0v) is 13.5.